The standard InChI is InChI=1S/C25H25F4N3O2/c26-22-4-2-1-3-17(22)11-23(34)32-14-19(15-33)24(16-32)7-9-31(10-8-24)20-6-5-18(13-30)21(12-20)25(27,28)29/h1-6,12,19,33H,7-11,14-16H2. The Balaban J connectivity index is 1.46. The molecule has 5 nitrogen and oxygen atoms in total. The van der Waals surface area contributed by atoms with Crippen molar-refractivity contribution in [2.45, 2.75) is 25.4 Å². The first-order chi connectivity index (χ1) is 16.2. The van der Waals surface area contributed by atoms with Crippen molar-refractivity contribution in [3.8, 4) is 6.07 Å². The van der Waals surface area contributed by atoms with E-state index in [-0.39, 0.29) is 30.3 Å². The fourth-order valence-electron chi connectivity index (χ4n) is 5.23. The summed E-state index contributed by atoms with van der Waals surface area (Å²) >= 11 is 0. The monoisotopic (exact) mass is 475 g/mol. The van der Waals surface area contributed by atoms with Gasteiger partial charge in [-0.3, -0.25) is 4.79 Å². The van der Waals surface area contributed by atoms with Gasteiger partial charge in [-0.2, -0.15) is 18.4 Å². The molecule has 4 rings (SSSR count). The van der Waals surface area contributed by atoms with Crippen LogP contribution in [0, 0.1) is 28.5 Å². The molecule has 2 aromatic carbocycles. The number of hydrogen-bond donors (Lipinski definition) is 1. The highest BCUT2D eigenvalue weighted by Crippen LogP contribution is 2.46. The van der Waals surface area contributed by atoms with Gasteiger partial charge in [0.1, 0.15) is 5.82 Å². The predicted molar refractivity (Wildman–Crippen MR) is 117 cm³/mol. The molecule has 0 aliphatic carbocycles. The summed E-state index contributed by atoms with van der Waals surface area (Å²) in [6.45, 7) is 1.64. The summed E-state index contributed by atoms with van der Waals surface area (Å²) in [5.74, 6) is -0.784. The molecule has 2 fully saturated rings. The van der Waals surface area contributed by atoms with Gasteiger partial charge in [0.25, 0.3) is 0 Å². The Kier molecular flexibility index (Phi) is 6.54. The van der Waals surface area contributed by atoms with Crippen LogP contribution in [0.2, 0.25) is 0 Å². The van der Waals surface area contributed by atoms with Crippen molar-refractivity contribution in [3.63, 3.8) is 0 Å². The minimum absolute atomic E-state index is 0.0571. The van der Waals surface area contributed by atoms with Crippen molar-refractivity contribution in [2.24, 2.45) is 11.3 Å². The van der Waals surface area contributed by atoms with Crippen molar-refractivity contribution in [2.75, 3.05) is 37.7 Å². The number of carbonyl (C=O) groups excluding carboxylic acids is 1. The zero-order valence-corrected chi connectivity index (χ0v) is 18.5. The van der Waals surface area contributed by atoms with Crippen molar-refractivity contribution < 1.29 is 27.5 Å². The van der Waals surface area contributed by atoms with E-state index in [2.05, 4.69) is 0 Å². The summed E-state index contributed by atoms with van der Waals surface area (Å²) in [5.41, 5.74) is -0.982. The number of aliphatic hydroxyl groups is 1. The van der Waals surface area contributed by atoms with Crippen LogP contribution in [0.3, 0.4) is 0 Å². The Bertz CT molecular complexity index is 1100. The third-order valence-electron chi connectivity index (χ3n) is 7.24. The second kappa shape index (κ2) is 9.26. The minimum atomic E-state index is -4.62. The highest BCUT2D eigenvalue weighted by molar-refractivity contribution is 5.79. The van der Waals surface area contributed by atoms with Crippen LogP contribution in [0.25, 0.3) is 0 Å². The van der Waals surface area contributed by atoms with Crippen LogP contribution in [0.15, 0.2) is 42.5 Å². The van der Waals surface area contributed by atoms with Crippen LogP contribution in [-0.4, -0.2) is 48.7 Å². The number of anilines is 1. The van der Waals surface area contributed by atoms with E-state index in [1.165, 1.54) is 18.2 Å². The number of carbonyl (C=O) groups is 1. The quantitative estimate of drug-likeness (QED) is 0.679. The molecular weight excluding hydrogens is 450 g/mol. The molecule has 0 bridgehead atoms. The highest BCUT2D eigenvalue weighted by atomic mass is 19.4. The highest BCUT2D eigenvalue weighted by Gasteiger charge is 2.49. The first-order valence-electron chi connectivity index (χ1n) is 11.2. The van der Waals surface area contributed by atoms with E-state index < -0.39 is 23.1 Å². The SMILES string of the molecule is N#Cc1ccc(N2CCC3(CC2)CN(C(=O)Cc2ccccc2F)CC3CO)cc1C(F)(F)F. The van der Waals surface area contributed by atoms with Crippen LogP contribution in [0.4, 0.5) is 23.2 Å². The lowest BCUT2D eigenvalue weighted by Gasteiger charge is -2.43. The average molecular weight is 475 g/mol. The maximum atomic E-state index is 14.0. The van der Waals surface area contributed by atoms with Crippen LogP contribution < -0.4 is 4.90 Å². The van der Waals surface area contributed by atoms with E-state index in [4.69, 9.17) is 5.26 Å². The zero-order valence-electron chi connectivity index (χ0n) is 18.5. The summed E-state index contributed by atoms with van der Waals surface area (Å²) in [6, 6.07) is 11.5. The van der Waals surface area contributed by atoms with E-state index >= 15 is 0 Å². The fourth-order valence-corrected chi connectivity index (χ4v) is 5.23. The maximum Gasteiger partial charge on any atom is 0.417 e. The lowest BCUT2D eigenvalue weighted by molar-refractivity contribution is -0.137. The first-order valence-corrected chi connectivity index (χ1v) is 11.2. The van der Waals surface area contributed by atoms with Gasteiger partial charge in [0.15, 0.2) is 0 Å². The summed E-state index contributed by atoms with van der Waals surface area (Å²) in [6.07, 6.45) is -3.48. The number of nitrogens with zero attached hydrogens (tertiary/aromatic N) is 3. The molecule has 9 heteroatoms. The van der Waals surface area contributed by atoms with Crippen LogP contribution >= 0.6 is 0 Å². The largest absolute Gasteiger partial charge is 0.417 e. The van der Waals surface area contributed by atoms with E-state index in [9.17, 15) is 27.5 Å². The van der Waals surface area contributed by atoms with Crippen molar-refractivity contribution in [1.82, 2.24) is 4.90 Å². The maximum absolute atomic E-state index is 14.0. The number of alkyl halides is 3. The van der Waals surface area contributed by atoms with E-state index in [1.54, 1.807) is 29.2 Å². The van der Waals surface area contributed by atoms with Gasteiger partial charge in [0, 0.05) is 44.4 Å². The van der Waals surface area contributed by atoms with Gasteiger partial charge < -0.3 is 14.9 Å². The molecule has 2 aliphatic rings. The van der Waals surface area contributed by atoms with Gasteiger partial charge in [-0.15, -0.1) is 0 Å². The van der Waals surface area contributed by atoms with Crippen LogP contribution in [0.1, 0.15) is 29.5 Å². The number of amides is 1. The van der Waals surface area contributed by atoms with Gasteiger partial charge in [0.2, 0.25) is 5.91 Å². The topological polar surface area (TPSA) is 67.6 Å². The number of aliphatic hydroxyl groups excluding tert-OH is 1. The molecule has 1 amide bonds. The molecule has 1 atom stereocenters. The number of benzene rings is 2. The molecule has 180 valence electrons. The molecular formula is C25H25F4N3O2. The molecule has 1 N–H and O–H groups in total. The summed E-state index contributed by atoms with van der Waals surface area (Å²) in [5, 5.41) is 19.0. The molecule has 1 spiro atoms. The number of nitriles is 1. The molecule has 2 aliphatic heterocycles. The molecule has 2 aromatic rings. The Morgan fingerprint density at radius 1 is 1.18 bits per heavy atom. The Morgan fingerprint density at radius 3 is 2.50 bits per heavy atom. The van der Waals surface area contributed by atoms with Crippen LogP contribution in [-0.2, 0) is 17.4 Å². The number of rotatable bonds is 4. The normalized spacial score (nSPS) is 19.9. The number of halogens is 4. The number of hydrogen-bond acceptors (Lipinski definition) is 4. The van der Waals surface area contributed by atoms with Crippen molar-refractivity contribution in [1.29, 1.82) is 5.26 Å². The first kappa shape index (κ1) is 24.0. The zero-order chi connectivity index (χ0) is 24.5. The molecule has 0 saturated carbocycles. The Morgan fingerprint density at radius 2 is 1.88 bits per heavy atom. The third kappa shape index (κ3) is 4.60. The molecule has 2 heterocycles. The summed E-state index contributed by atoms with van der Waals surface area (Å²) in [7, 11) is 0. The Hall–Kier alpha value is -3.12. The molecule has 1 unspecified atom stereocenters. The smallest absolute Gasteiger partial charge is 0.396 e. The van der Waals surface area contributed by atoms with Crippen molar-refractivity contribution in [3.05, 3.63) is 65.0 Å². The molecule has 0 radical (unpaired) electrons. The van der Waals surface area contributed by atoms with Gasteiger partial charge in [-0.1, -0.05) is 18.2 Å². The average Bonchev–Trinajstić information content (AvgIpc) is 3.18. The van der Waals surface area contributed by atoms with E-state index in [0.29, 0.717) is 50.3 Å². The molecule has 34 heavy (non-hydrogen) atoms. The number of likely N-dealkylation sites (tertiary alicyclic amines) is 1. The van der Waals surface area contributed by atoms with Gasteiger partial charge in [-0.25, -0.2) is 4.39 Å². The lowest BCUT2D eigenvalue weighted by Crippen LogP contribution is -2.45. The predicted octanol–water partition coefficient (Wildman–Crippen LogP) is 4.00. The van der Waals surface area contributed by atoms with Crippen LogP contribution in [0.5, 0.6) is 0 Å². The summed E-state index contributed by atoms with van der Waals surface area (Å²) < 4.78 is 54.1. The lowest BCUT2D eigenvalue weighted by atomic mass is 9.71. The van der Waals surface area contributed by atoms with Gasteiger partial charge >= 0.3 is 6.18 Å². The second-order valence-electron chi connectivity index (χ2n) is 9.11. The van der Waals surface area contributed by atoms with Crippen molar-refractivity contribution >= 4 is 11.6 Å². The summed E-state index contributed by atoms with van der Waals surface area (Å²) in [4.78, 5) is 16.4. The fraction of sp³-hybridized carbons (Fsp3) is 0.440. The molecule has 0 aromatic heterocycles. The minimum Gasteiger partial charge on any atom is -0.396 e. The number of piperidine rings is 1. The molecule has 2 saturated heterocycles. The third-order valence-corrected chi connectivity index (χ3v) is 7.24. The van der Waals surface area contributed by atoms with Gasteiger partial charge in [-0.05, 0) is 48.1 Å². The van der Waals surface area contributed by atoms with Gasteiger partial charge in [0.05, 0.1) is 23.6 Å². The van der Waals surface area contributed by atoms with E-state index in [1.807, 2.05) is 4.90 Å². The van der Waals surface area contributed by atoms with E-state index in [0.717, 1.165) is 6.07 Å². The second-order valence-corrected chi connectivity index (χ2v) is 9.11. The Labute approximate surface area is 195 Å².